The number of amides is 1. The number of hydrogen-bond acceptors (Lipinski definition) is 4. The van der Waals surface area contributed by atoms with E-state index in [9.17, 15) is 4.79 Å². The number of carbonyl (C=O) groups excluding carboxylic acids is 1. The molecule has 154 valence electrons. The molecule has 2 aromatic rings. The fourth-order valence-corrected chi connectivity index (χ4v) is 4.29. The fourth-order valence-electron chi connectivity index (χ4n) is 4.29. The van der Waals surface area contributed by atoms with Gasteiger partial charge in [0, 0.05) is 19.6 Å². The molecule has 29 heavy (non-hydrogen) atoms. The third kappa shape index (κ3) is 4.16. The van der Waals surface area contributed by atoms with Gasteiger partial charge in [-0.3, -0.25) is 4.90 Å². The summed E-state index contributed by atoms with van der Waals surface area (Å²) in [5.41, 5.74) is 1.84. The van der Waals surface area contributed by atoms with Crippen LogP contribution in [0, 0.1) is 0 Å². The maximum absolute atomic E-state index is 12.7. The monoisotopic (exact) mass is 394 g/mol. The molecule has 2 fully saturated rings. The normalized spacial score (nSPS) is 19.2. The number of benzene rings is 2. The molecule has 5 nitrogen and oxygen atoms in total. The molecule has 1 spiro atoms. The van der Waals surface area contributed by atoms with Gasteiger partial charge < -0.3 is 14.4 Å². The molecule has 0 saturated carbocycles. The average molecular weight is 395 g/mol. The van der Waals surface area contributed by atoms with Gasteiger partial charge in [0.25, 0.3) is 0 Å². The molecular weight excluding hydrogens is 364 g/mol. The van der Waals surface area contributed by atoms with Crippen LogP contribution in [0.25, 0.3) is 0 Å². The highest BCUT2D eigenvalue weighted by molar-refractivity contribution is 5.68. The zero-order chi connectivity index (χ0) is 20.5. The molecule has 4 rings (SSSR count). The van der Waals surface area contributed by atoms with E-state index in [4.69, 9.17) is 9.47 Å². The van der Waals surface area contributed by atoms with Crippen LogP contribution < -0.4 is 0 Å². The van der Waals surface area contributed by atoms with Gasteiger partial charge in [-0.25, -0.2) is 4.79 Å². The van der Waals surface area contributed by atoms with Crippen LogP contribution in [0.15, 0.2) is 60.7 Å². The summed E-state index contributed by atoms with van der Waals surface area (Å²) in [5.74, 6) is 0. The van der Waals surface area contributed by atoms with Crippen LogP contribution in [0.1, 0.15) is 37.9 Å². The number of piperazine rings is 1. The van der Waals surface area contributed by atoms with E-state index in [0.717, 1.165) is 6.54 Å². The minimum atomic E-state index is -0.492. The molecule has 2 saturated heterocycles. The zero-order valence-corrected chi connectivity index (χ0v) is 17.5. The van der Waals surface area contributed by atoms with Gasteiger partial charge in [-0.05, 0) is 31.9 Å². The standard InChI is InChI=1S/C24H30N2O3/c1-23(2,3)29-22(27)25-14-15-26(24(16-25)17-28-18-24)21(19-10-6-4-7-11-19)20-12-8-5-9-13-20/h4-13,21H,14-18H2,1-3H3. The Balaban J connectivity index is 1.63. The van der Waals surface area contributed by atoms with Crippen LogP contribution in [-0.4, -0.2) is 59.9 Å². The maximum atomic E-state index is 12.7. The van der Waals surface area contributed by atoms with Gasteiger partial charge in [-0.15, -0.1) is 0 Å². The lowest BCUT2D eigenvalue weighted by molar-refractivity contribution is -0.176. The van der Waals surface area contributed by atoms with Crippen LogP contribution in [-0.2, 0) is 9.47 Å². The molecular formula is C24H30N2O3. The third-order valence-corrected chi connectivity index (χ3v) is 5.64. The van der Waals surface area contributed by atoms with Crippen LogP contribution in [0.5, 0.6) is 0 Å². The zero-order valence-electron chi connectivity index (χ0n) is 17.5. The Hall–Kier alpha value is -2.37. The lowest BCUT2D eigenvalue weighted by Gasteiger charge is -2.57. The molecule has 1 amide bonds. The highest BCUT2D eigenvalue weighted by Gasteiger charge is 2.52. The SMILES string of the molecule is CC(C)(C)OC(=O)N1CCN(C(c2ccccc2)c2ccccc2)C2(COC2)C1. The number of hydrogen-bond donors (Lipinski definition) is 0. The summed E-state index contributed by atoms with van der Waals surface area (Å²) < 4.78 is 11.3. The van der Waals surface area contributed by atoms with Gasteiger partial charge in [0.2, 0.25) is 0 Å². The van der Waals surface area contributed by atoms with E-state index in [1.165, 1.54) is 11.1 Å². The summed E-state index contributed by atoms with van der Waals surface area (Å²) in [6.45, 7) is 9.02. The maximum Gasteiger partial charge on any atom is 0.410 e. The Kier molecular flexibility index (Phi) is 5.36. The van der Waals surface area contributed by atoms with Gasteiger partial charge in [0.1, 0.15) is 5.60 Å². The second-order valence-corrected chi connectivity index (χ2v) is 9.04. The van der Waals surface area contributed by atoms with Crippen LogP contribution in [0.2, 0.25) is 0 Å². The summed E-state index contributed by atoms with van der Waals surface area (Å²) >= 11 is 0. The first-order valence-electron chi connectivity index (χ1n) is 10.3. The summed E-state index contributed by atoms with van der Waals surface area (Å²) in [7, 11) is 0. The van der Waals surface area contributed by atoms with E-state index in [1.807, 2.05) is 37.8 Å². The molecule has 0 N–H and O–H groups in total. The summed E-state index contributed by atoms with van der Waals surface area (Å²) in [6, 6.07) is 21.3. The minimum Gasteiger partial charge on any atom is -0.444 e. The lowest BCUT2D eigenvalue weighted by atomic mass is 9.86. The molecule has 0 unspecified atom stereocenters. The summed E-state index contributed by atoms with van der Waals surface area (Å²) in [5, 5.41) is 0. The summed E-state index contributed by atoms with van der Waals surface area (Å²) in [4.78, 5) is 17.1. The van der Waals surface area contributed by atoms with Crippen molar-refractivity contribution in [2.75, 3.05) is 32.8 Å². The quantitative estimate of drug-likeness (QED) is 0.786. The highest BCUT2D eigenvalue weighted by Crippen LogP contribution is 2.40. The minimum absolute atomic E-state index is 0.127. The smallest absolute Gasteiger partial charge is 0.410 e. The molecule has 2 aromatic carbocycles. The Morgan fingerprint density at radius 2 is 1.52 bits per heavy atom. The van der Waals surface area contributed by atoms with Crippen LogP contribution in [0.3, 0.4) is 0 Å². The Morgan fingerprint density at radius 1 is 0.966 bits per heavy atom. The lowest BCUT2D eigenvalue weighted by Crippen LogP contribution is -2.72. The van der Waals surface area contributed by atoms with Crippen LogP contribution in [0.4, 0.5) is 4.79 Å². The van der Waals surface area contributed by atoms with Crippen molar-refractivity contribution in [2.24, 2.45) is 0 Å². The fraction of sp³-hybridized carbons (Fsp3) is 0.458. The first kappa shape index (κ1) is 19.9. The van der Waals surface area contributed by atoms with Crippen LogP contribution >= 0.6 is 0 Å². The van der Waals surface area contributed by atoms with Crippen molar-refractivity contribution >= 4 is 6.09 Å². The van der Waals surface area contributed by atoms with E-state index in [2.05, 4.69) is 53.4 Å². The van der Waals surface area contributed by atoms with E-state index >= 15 is 0 Å². The topological polar surface area (TPSA) is 42.0 Å². The molecule has 2 heterocycles. The van der Waals surface area contributed by atoms with Crippen molar-refractivity contribution in [3.8, 4) is 0 Å². The van der Waals surface area contributed by atoms with E-state index in [-0.39, 0.29) is 17.7 Å². The molecule has 0 radical (unpaired) electrons. The molecule has 5 heteroatoms. The second kappa shape index (κ2) is 7.81. The molecule has 0 aliphatic carbocycles. The largest absolute Gasteiger partial charge is 0.444 e. The van der Waals surface area contributed by atoms with Crippen molar-refractivity contribution in [1.29, 1.82) is 0 Å². The Labute approximate surface area is 173 Å². The molecule has 0 aromatic heterocycles. The Morgan fingerprint density at radius 3 is 1.97 bits per heavy atom. The second-order valence-electron chi connectivity index (χ2n) is 9.04. The van der Waals surface area contributed by atoms with Crippen molar-refractivity contribution < 1.29 is 14.3 Å². The summed E-state index contributed by atoms with van der Waals surface area (Å²) in [6.07, 6.45) is -0.237. The molecule has 2 aliphatic heterocycles. The number of ether oxygens (including phenoxy) is 2. The first-order valence-corrected chi connectivity index (χ1v) is 10.3. The Bertz CT molecular complexity index is 789. The number of rotatable bonds is 3. The van der Waals surface area contributed by atoms with Crippen molar-refractivity contribution in [3.05, 3.63) is 71.8 Å². The average Bonchev–Trinajstić information content (AvgIpc) is 2.67. The van der Waals surface area contributed by atoms with Crippen molar-refractivity contribution in [1.82, 2.24) is 9.80 Å². The first-order chi connectivity index (χ1) is 13.9. The van der Waals surface area contributed by atoms with E-state index in [0.29, 0.717) is 26.3 Å². The van der Waals surface area contributed by atoms with Gasteiger partial charge in [-0.1, -0.05) is 60.7 Å². The predicted molar refractivity (Wildman–Crippen MR) is 113 cm³/mol. The van der Waals surface area contributed by atoms with E-state index in [1.54, 1.807) is 0 Å². The number of nitrogens with zero attached hydrogens (tertiary/aromatic N) is 2. The highest BCUT2D eigenvalue weighted by atomic mass is 16.6. The predicted octanol–water partition coefficient (Wildman–Crippen LogP) is 4.10. The van der Waals surface area contributed by atoms with E-state index < -0.39 is 5.60 Å². The van der Waals surface area contributed by atoms with Gasteiger partial charge in [0.05, 0.1) is 24.8 Å². The molecule has 0 bridgehead atoms. The molecule has 0 atom stereocenters. The van der Waals surface area contributed by atoms with Gasteiger partial charge in [0.15, 0.2) is 0 Å². The third-order valence-electron chi connectivity index (χ3n) is 5.64. The van der Waals surface area contributed by atoms with Gasteiger partial charge in [-0.2, -0.15) is 0 Å². The molecule has 2 aliphatic rings. The van der Waals surface area contributed by atoms with Crippen molar-refractivity contribution in [2.45, 2.75) is 38.0 Å². The van der Waals surface area contributed by atoms with Crippen molar-refractivity contribution in [3.63, 3.8) is 0 Å². The number of carbonyl (C=O) groups is 1. The van der Waals surface area contributed by atoms with Gasteiger partial charge >= 0.3 is 6.09 Å².